The zero-order valence-corrected chi connectivity index (χ0v) is 15.2. The lowest BCUT2D eigenvalue weighted by Gasteiger charge is -2.19. The van der Waals surface area contributed by atoms with Crippen molar-refractivity contribution in [2.75, 3.05) is 13.2 Å². The Morgan fingerprint density at radius 3 is 2.09 bits per heavy atom. The Balaban J connectivity index is 3.34. The van der Waals surface area contributed by atoms with Crippen molar-refractivity contribution in [3.05, 3.63) is 15.9 Å². The zero-order valence-electron chi connectivity index (χ0n) is 13.6. The van der Waals surface area contributed by atoms with Crippen LogP contribution in [0.15, 0.2) is 4.60 Å². The second-order valence-electron chi connectivity index (χ2n) is 5.35. The van der Waals surface area contributed by atoms with Crippen LogP contribution in [-0.4, -0.2) is 46.6 Å². The molecule has 0 aliphatic heterocycles. The zero-order chi connectivity index (χ0) is 17.8. The third kappa shape index (κ3) is 4.78. The minimum absolute atomic E-state index is 0.0340. The fraction of sp³-hybridized carbons (Fsp3) is 0.571. The molecule has 23 heavy (non-hydrogen) atoms. The Kier molecular flexibility index (Phi) is 6.31. The highest BCUT2D eigenvalue weighted by molar-refractivity contribution is 9.10. The van der Waals surface area contributed by atoms with Crippen molar-refractivity contribution in [1.29, 1.82) is 0 Å². The van der Waals surface area contributed by atoms with Gasteiger partial charge in [0.05, 0.1) is 13.2 Å². The maximum absolute atomic E-state index is 12.2. The van der Waals surface area contributed by atoms with Gasteiger partial charge in [0.1, 0.15) is 15.8 Å². The predicted molar refractivity (Wildman–Crippen MR) is 83.5 cm³/mol. The molecule has 8 nitrogen and oxygen atoms in total. The van der Waals surface area contributed by atoms with Crippen molar-refractivity contribution in [3.8, 4) is 0 Å². The number of rotatable bonds is 4. The van der Waals surface area contributed by atoms with Crippen LogP contribution in [0.5, 0.6) is 0 Å². The largest absolute Gasteiger partial charge is 0.462 e. The van der Waals surface area contributed by atoms with E-state index in [1.54, 1.807) is 34.6 Å². The summed E-state index contributed by atoms with van der Waals surface area (Å²) in [6.07, 6.45) is -0.842. The van der Waals surface area contributed by atoms with Crippen molar-refractivity contribution in [1.82, 2.24) is 9.78 Å². The third-order valence-corrected chi connectivity index (χ3v) is 3.08. The summed E-state index contributed by atoms with van der Waals surface area (Å²) < 4.78 is 15.7. The smallest absolute Gasteiger partial charge is 0.436 e. The summed E-state index contributed by atoms with van der Waals surface area (Å²) in [5.41, 5.74) is -1.27. The van der Waals surface area contributed by atoms with Crippen LogP contribution >= 0.6 is 15.9 Å². The highest BCUT2D eigenvalue weighted by Crippen LogP contribution is 2.24. The number of hydrogen-bond donors (Lipinski definition) is 0. The molecule has 0 bridgehead atoms. The molecule has 0 spiro atoms. The van der Waals surface area contributed by atoms with Gasteiger partial charge in [-0.3, -0.25) is 0 Å². The molecule has 0 aliphatic carbocycles. The molecule has 0 amide bonds. The Morgan fingerprint density at radius 2 is 1.61 bits per heavy atom. The topological polar surface area (TPSA) is 96.7 Å². The second-order valence-corrected chi connectivity index (χ2v) is 6.10. The summed E-state index contributed by atoms with van der Waals surface area (Å²) in [6.45, 7) is 8.47. The molecule has 0 fully saturated rings. The maximum Gasteiger partial charge on any atom is 0.436 e. The van der Waals surface area contributed by atoms with Gasteiger partial charge in [0.2, 0.25) is 0 Å². The van der Waals surface area contributed by atoms with E-state index in [1.165, 1.54) is 0 Å². The van der Waals surface area contributed by atoms with E-state index >= 15 is 0 Å². The van der Waals surface area contributed by atoms with Gasteiger partial charge in [0.25, 0.3) is 0 Å². The molecule has 1 aromatic rings. The summed E-state index contributed by atoms with van der Waals surface area (Å²) in [7, 11) is 0. The molecule has 0 unspecified atom stereocenters. The van der Waals surface area contributed by atoms with E-state index in [-0.39, 0.29) is 29.1 Å². The lowest BCUT2D eigenvalue weighted by Crippen LogP contribution is -2.28. The van der Waals surface area contributed by atoms with Crippen LogP contribution in [0.4, 0.5) is 4.79 Å². The van der Waals surface area contributed by atoms with Gasteiger partial charge in [-0.1, -0.05) is 0 Å². The van der Waals surface area contributed by atoms with Crippen LogP contribution in [0.1, 0.15) is 55.5 Å². The van der Waals surface area contributed by atoms with Crippen LogP contribution in [0, 0.1) is 0 Å². The monoisotopic (exact) mass is 390 g/mol. The van der Waals surface area contributed by atoms with Crippen LogP contribution in [-0.2, 0) is 14.2 Å². The first kappa shape index (κ1) is 19.1. The predicted octanol–water partition coefficient (Wildman–Crippen LogP) is 2.78. The minimum Gasteiger partial charge on any atom is -0.462 e. The Hall–Kier alpha value is -1.90. The average molecular weight is 391 g/mol. The summed E-state index contributed by atoms with van der Waals surface area (Å²) >= 11 is 3.09. The van der Waals surface area contributed by atoms with Gasteiger partial charge in [-0.05, 0) is 50.5 Å². The lowest BCUT2D eigenvalue weighted by atomic mass is 10.2. The lowest BCUT2D eigenvalue weighted by molar-refractivity contribution is 0.0472. The Labute approximate surface area is 142 Å². The van der Waals surface area contributed by atoms with Crippen LogP contribution in [0.3, 0.4) is 0 Å². The van der Waals surface area contributed by atoms with E-state index < -0.39 is 23.6 Å². The van der Waals surface area contributed by atoms with Crippen molar-refractivity contribution >= 4 is 34.0 Å². The van der Waals surface area contributed by atoms with Crippen molar-refractivity contribution in [3.63, 3.8) is 0 Å². The molecule has 0 N–H and O–H groups in total. The summed E-state index contributed by atoms with van der Waals surface area (Å²) in [4.78, 5) is 36.2. The van der Waals surface area contributed by atoms with Crippen LogP contribution in [0.2, 0.25) is 0 Å². The normalized spacial score (nSPS) is 11.0. The third-order valence-electron chi connectivity index (χ3n) is 2.34. The molecule has 0 aliphatic rings. The van der Waals surface area contributed by atoms with Gasteiger partial charge in [0.15, 0.2) is 5.69 Å². The summed E-state index contributed by atoms with van der Waals surface area (Å²) in [6, 6.07) is 0. The van der Waals surface area contributed by atoms with E-state index in [9.17, 15) is 14.4 Å². The highest BCUT2D eigenvalue weighted by atomic mass is 79.9. The van der Waals surface area contributed by atoms with E-state index in [2.05, 4.69) is 21.0 Å². The first-order valence-corrected chi connectivity index (χ1v) is 7.77. The van der Waals surface area contributed by atoms with Crippen LogP contribution in [0.25, 0.3) is 0 Å². The fourth-order valence-electron chi connectivity index (χ4n) is 1.55. The van der Waals surface area contributed by atoms with Crippen molar-refractivity contribution in [2.45, 2.75) is 40.2 Å². The summed E-state index contributed by atoms with van der Waals surface area (Å²) in [5, 5.41) is 3.84. The van der Waals surface area contributed by atoms with Gasteiger partial charge >= 0.3 is 18.0 Å². The standard InChI is InChI=1S/C14H19BrN2O6/c1-6-21-11(18)8-9(12(19)22-7-2)16-17(10(8)15)13(20)23-14(3,4)5/h6-7H2,1-5H3. The van der Waals surface area contributed by atoms with Crippen LogP contribution < -0.4 is 0 Å². The van der Waals surface area contributed by atoms with E-state index in [1.807, 2.05) is 0 Å². The van der Waals surface area contributed by atoms with Gasteiger partial charge < -0.3 is 14.2 Å². The molecule has 1 aromatic heterocycles. The molecule has 0 aromatic carbocycles. The summed E-state index contributed by atoms with van der Waals surface area (Å²) in [5.74, 6) is -1.63. The Bertz CT molecular complexity index is 618. The SMILES string of the molecule is CCOC(=O)c1nn(C(=O)OC(C)(C)C)c(Br)c1C(=O)OCC. The van der Waals surface area contributed by atoms with Gasteiger partial charge in [-0.15, -0.1) is 0 Å². The number of halogens is 1. The number of carbonyl (C=O) groups excluding carboxylic acids is 3. The number of hydrogen-bond acceptors (Lipinski definition) is 7. The quantitative estimate of drug-likeness (QED) is 0.575. The van der Waals surface area contributed by atoms with E-state index in [0.29, 0.717) is 0 Å². The first-order valence-electron chi connectivity index (χ1n) is 6.98. The molecule has 0 saturated carbocycles. The number of nitrogens with zero attached hydrogens (tertiary/aromatic N) is 2. The molecule has 0 saturated heterocycles. The molecule has 1 rings (SSSR count). The Morgan fingerprint density at radius 1 is 1.09 bits per heavy atom. The molecular formula is C14H19BrN2O6. The fourth-order valence-corrected chi connectivity index (χ4v) is 2.12. The number of aromatic nitrogens is 2. The molecule has 0 atom stereocenters. The minimum atomic E-state index is -0.842. The molecule has 1 heterocycles. The van der Waals surface area contributed by atoms with Gasteiger partial charge in [-0.25, -0.2) is 14.4 Å². The number of esters is 2. The molecule has 9 heteroatoms. The molecule has 128 valence electrons. The second kappa shape index (κ2) is 7.58. The maximum atomic E-state index is 12.2. The van der Waals surface area contributed by atoms with Gasteiger partial charge in [-0.2, -0.15) is 9.78 Å². The molecule has 0 radical (unpaired) electrons. The van der Waals surface area contributed by atoms with Crippen molar-refractivity contribution in [2.24, 2.45) is 0 Å². The number of carbonyl (C=O) groups is 3. The van der Waals surface area contributed by atoms with E-state index in [4.69, 9.17) is 14.2 Å². The number of ether oxygens (including phenoxy) is 3. The van der Waals surface area contributed by atoms with E-state index in [0.717, 1.165) is 4.68 Å². The average Bonchev–Trinajstić information content (AvgIpc) is 2.75. The van der Waals surface area contributed by atoms with Gasteiger partial charge in [0, 0.05) is 0 Å². The highest BCUT2D eigenvalue weighted by Gasteiger charge is 2.32. The molecular weight excluding hydrogens is 372 g/mol. The van der Waals surface area contributed by atoms with Crippen molar-refractivity contribution < 1.29 is 28.6 Å². The first-order chi connectivity index (χ1) is 10.6.